The fourth-order valence-electron chi connectivity index (χ4n) is 6.59. The van der Waals surface area contributed by atoms with Gasteiger partial charge in [0.1, 0.15) is 29.5 Å². The molecule has 0 saturated carbocycles. The van der Waals surface area contributed by atoms with Crippen LogP contribution in [0.5, 0.6) is 5.75 Å². The molecule has 47 heavy (non-hydrogen) atoms. The second-order valence-corrected chi connectivity index (χ2v) is 13.6. The Morgan fingerprint density at radius 2 is 1.68 bits per heavy atom. The largest absolute Gasteiger partial charge is 0.497 e. The van der Waals surface area contributed by atoms with Crippen LogP contribution in [0.3, 0.4) is 0 Å². The number of likely N-dealkylation sites (N-methyl/N-ethyl adjacent to an activating group) is 1. The summed E-state index contributed by atoms with van der Waals surface area (Å²) in [4.78, 5) is 58.1. The van der Waals surface area contributed by atoms with Crippen molar-refractivity contribution in [3.05, 3.63) is 65.7 Å². The second-order valence-electron chi connectivity index (χ2n) is 13.6. The lowest BCUT2D eigenvalue weighted by atomic mass is 9.90. The highest BCUT2D eigenvalue weighted by molar-refractivity contribution is 5.95. The van der Waals surface area contributed by atoms with Crippen molar-refractivity contribution in [2.45, 2.75) is 95.5 Å². The Balaban J connectivity index is 1.51. The first-order chi connectivity index (χ1) is 22.4. The maximum Gasteiger partial charge on any atom is 0.410 e. The summed E-state index contributed by atoms with van der Waals surface area (Å²) in [5.74, 6) is -0.355. The molecule has 11 heteroatoms. The second kappa shape index (κ2) is 16.1. The van der Waals surface area contributed by atoms with Gasteiger partial charge in [-0.25, -0.2) is 4.79 Å². The van der Waals surface area contributed by atoms with Crippen LogP contribution in [0.25, 0.3) is 0 Å². The summed E-state index contributed by atoms with van der Waals surface area (Å²) >= 11 is 0. The van der Waals surface area contributed by atoms with Crippen molar-refractivity contribution in [3.63, 3.8) is 0 Å². The molecule has 2 heterocycles. The normalized spacial score (nSPS) is 21.7. The smallest absolute Gasteiger partial charge is 0.410 e. The summed E-state index contributed by atoms with van der Waals surface area (Å²) in [6.45, 7) is 6.10. The van der Waals surface area contributed by atoms with Crippen molar-refractivity contribution in [2.75, 3.05) is 27.2 Å². The third-order valence-electron chi connectivity index (χ3n) is 9.10. The van der Waals surface area contributed by atoms with Crippen LogP contribution in [0.2, 0.25) is 0 Å². The fourth-order valence-corrected chi connectivity index (χ4v) is 6.59. The van der Waals surface area contributed by atoms with Crippen molar-refractivity contribution in [2.24, 2.45) is 11.7 Å². The van der Waals surface area contributed by atoms with Crippen LogP contribution in [-0.2, 0) is 32.0 Å². The number of benzene rings is 2. The molecule has 2 aromatic carbocycles. The third-order valence-corrected chi connectivity index (χ3v) is 9.10. The number of hydrogen-bond acceptors (Lipinski definition) is 7. The fraction of sp³-hybridized carbons (Fsp3) is 0.556. The summed E-state index contributed by atoms with van der Waals surface area (Å²) in [6.07, 6.45) is 3.48. The van der Waals surface area contributed by atoms with Gasteiger partial charge in [-0.05, 0) is 95.0 Å². The van der Waals surface area contributed by atoms with E-state index in [1.54, 1.807) is 32.8 Å². The first-order valence-electron chi connectivity index (χ1n) is 16.6. The van der Waals surface area contributed by atoms with Gasteiger partial charge in [0.25, 0.3) is 0 Å². The van der Waals surface area contributed by atoms with E-state index >= 15 is 0 Å². The summed E-state index contributed by atoms with van der Waals surface area (Å²) in [7, 11) is 3.16. The van der Waals surface area contributed by atoms with Crippen molar-refractivity contribution in [3.8, 4) is 5.75 Å². The molecule has 4 rings (SSSR count). The molecular weight excluding hydrogens is 598 g/mol. The Morgan fingerprint density at radius 1 is 1.00 bits per heavy atom. The molecule has 4 amide bonds. The van der Waals surface area contributed by atoms with Crippen LogP contribution < -0.4 is 21.1 Å². The van der Waals surface area contributed by atoms with E-state index < -0.39 is 35.7 Å². The number of rotatable bonds is 12. The standard InChI is InChI=1S/C36H51N5O6/c1-36(2,3)47-35(45)40(4)30(23-25-9-7-6-8-10-25)33(43)39-31-26(19-21-37)13-14-27-15-18-29(41(27)34(31)44)32(42)38-22-20-24-11-16-28(46-5)17-12-24/h6-12,16-17,26-27,29-31H,13-15,18-23,37H2,1-5H3,(H,38,42)(H,39,43). The molecule has 0 spiro atoms. The van der Waals surface area contributed by atoms with Crippen LogP contribution in [0.15, 0.2) is 54.6 Å². The van der Waals surface area contributed by atoms with Gasteiger partial charge < -0.3 is 30.7 Å². The van der Waals surface area contributed by atoms with E-state index in [-0.39, 0.29) is 30.2 Å². The summed E-state index contributed by atoms with van der Waals surface area (Å²) < 4.78 is 10.8. The predicted molar refractivity (Wildman–Crippen MR) is 180 cm³/mol. The molecule has 2 aromatic rings. The third kappa shape index (κ3) is 9.47. The highest BCUT2D eigenvalue weighted by Crippen LogP contribution is 2.35. The molecule has 0 radical (unpaired) electrons. The zero-order valence-corrected chi connectivity index (χ0v) is 28.4. The van der Waals surface area contributed by atoms with Crippen molar-refractivity contribution >= 4 is 23.8 Å². The number of fused-ring (bicyclic) bond motifs is 1. The van der Waals surface area contributed by atoms with Crippen molar-refractivity contribution in [1.29, 1.82) is 0 Å². The van der Waals surface area contributed by atoms with Gasteiger partial charge in [-0.1, -0.05) is 42.5 Å². The lowest BCUT2D eigenvalue weighted by Gasteiger charge is -2.34. The van der Waals surface area contributed by atoms with Crippen LogP contribution in [0, 0.1) is 5.92 Å². The number of amides is 4. The summed E-state index contributed by atoms with van der Waals surface area (Å²) in [5, 5.41) is 6.06. The number of carbonyl (C=O) groups is 4. The lowest BCUT2D eigenvalue weighted by molar-refractivity contribution is -0.144. The van der Waals surface area contributed by atoms with Gasteiger partial charge >= 0.3 is 6.09 Å². The van der Waals surface area contributed by atoms with Gasteiger partial charge in [0.2, 0.25) is 17.7 Å². The molecular formula is C36H51N5O6. The predicted octanol–water partition coefficient (Wildman–Crippen LogP) is 3.44. The molecule has 256 valence electrons. The van der Waals surface area contributed by atoms with Crippen LogP contribution in [0.4, 0.5) is 4.79 Å². The van der Waals surface area contributed by atoms with E-state index in [1.807, 2.05) is 54.6 Å². The molecule has 2 aliphatic heterocycles. The average Bonchev–Trinajstić information content (AvgIpc) is 3.43. The average molecular weight is 650 g/mol. The Bertz CT molecular complexity index is 1360. The first kappa shape index (κ1) is 35.7. The molecule has 2 saturated heterocycles. The number of carbonyl (C=O) groups excluding carboxylic acids is 4. The zero-order chi connectivity index (χ0) is 34.1. The maximum absolute atomic E-state index is 14.4. The zero-order valence-electron chi connectivity index (χ0n) is 28.4. The Hall–Kier alpha value is -4.12. The minimum Gasteiger partial charge on any atom is -0.497 e. The molecule has 5 atom stereocenters. The molecule has 5 unspecified atom stereocenters. The molecule has 0 bridgehead atoms. The number of nitrogens with zero attached hydrogens (tertiary/aromatic N) is 2. The highest BCUT2D eigenvalue weighted by Gasteiger charge is 2.47. The van der Waals surface area contributed by atoms with E-state index in [0.29, 0.717) is 38.8 Å². The molecule has 0 aromatic heterocycles. The van der Waals surface area contributed by atoms with Gasteiger partial charge in [0.05, 0.1) is 7.11 Å². The monoisotopic (exact) mass is 649 g/mol. The number of nitrogens with two attached hydrogens (primary N) is 1. The Labute approximate surface area is 278 Å². The van der Waals surface area contributed by atoms with Gasteiger partial charge in [0, 0.05) is 26.1 Å². The molecule has 0 aliphatic carbocycles. The summed E-state index contributed by atoms with van der Waals surface area (Å²) in [6, 6.07) is 14.6. The summed E-state index contributed by atoms with van der Waals surface area (Å²) in [5.41, 5.74) is 7.16. The lowest BCUT2D eigenvalue weighted by Crippen LogP contribution is -2.59. The van der Waals surface area contributed by atoms with Gasteiger partial charge in [0.15, 0.2) is 0 Å². The highest BCUT2D eigenvalue weighted by atomic mass is 16.6. The first-order valence-corrected chi connectivity index (χ1v) is 16.6. The maximum atomic E-state index is 14.4. The van der Waals surface area contributed by atoms with Crippen LogP contribution >= 0.6 is 0 Å². The van der Waals surface area contributed by atoms with E-state index in [9.17, 15) is 19.2 Å². The number of hydrogen-bond donors (Lipinski definition) is 3. The number of nitrogens with one attached hydrogen (secondary N) is 2. The minimum atomic E-state index is -0.937. The molecule has 11 nitrogen and oxygen atoms in total. The van der Waals surface area contributed by atoms with Crippen LogP contribution in [0.1, 0.15) is 64.0 Å². The SMILES string of the molecule is COc1ccc(CCNC(=O)C2CCC3CCC(CCN)C(NC(=O)C(Cc4ccccc4)N(C)C(=O)OC(C)(C)C)C(=O)N32)cc1. The number of ether oxygens (including phenoxy) is 2. The van der Waals surface area contributed by atoms with Crippen molar-refractivity contribution in [1.82, 2.24) is 20.4 Å². The number of methoxy groups -OCH3 is 1. The molecule has 4 N–H and O–H groups in total. The van der Waals surface area contributed by atoms with E-state index in [4.69, 9.17) is 15.2 Å². The van der Waals surface area contributed by atoms with E-state index in [1.165, 1.54) is 11.9 Å². The van der Waals surface area contributed by atoms with Crippen molar-refractivity contribution < 1.29 is 28.7 Å². The quantitative estimate of drug-likeness (QED) is 0.320. The van der Waals surface area contributed by atoms with Gasteiger partial charge in [-0.15, -0.1) is 0 Å². The molecule has 2 fully saturated rings. The Kier molecular flexibility index (Phi) is 12.3. The topological polar surface area (TPSA) is 143 Å². The van der Waals surface area contributed by atoms with Gasteiger partial charge in [-0.2, -0.15) is 0 Å². The Morgan fingerprint density at radius 3 is 2.32 bits per heavy atom. The minimum absolute atomic E-state index is 0.0911. The van der Waals surface area contributed by atoms with E-state index in [0.717, 1.165) is 29.7 Å². The molecule has 2 aliphatic rings. The van der Waals surface area contributed by atoms with E-state index in [2.05, 4.69) is 10.6 Å². The van der Waals surface area contributed by atoms with Crippen LogP contribution in [-0.4, -0.2) is 90.6 Å². The van der Waals surface area contributed by atoms with Gasteiger partial charge in [-0.3, -0.25) is 19.3 Å².